The first kappa shape index (κ1) is 23.2. The van der Waals surface area contributed by atoms with Crippen molar-refractivity contribution in [3.05, 3.63) is 68.3 Å². The summed E-state index contributed by atoms with van der Waals surface area (Å²) in [5.41, 5.74) is 4.31. The fourth-order valence-corrected chi connectivity index (χ4v) is 8.96. The highest BCUT2D eigenvalue weighted by Gasteiger charge is 2.41. The number of hydrogen-bond donors (Lipinski definition) is 0. The second-order valence-corrected chi connectivity index (χ2v) is 12.8. The summed E-state index contributed by atoms with van der Waals surface area (Å²) in [6.45, 7) is 11.9. The summed E-state index contributed by atoms with van der Waals surface area (Å²) in [6, 6.07) is 14.2. The number of aryl methyl sites for hydroxylation is 4. The minimum absolute atomic E-state index is 0.523. The van der Waals surface area contributed by atoms with Crippen LogP contribution < -0.4 is 30.1 Å². The molecule has 0 saturated heterocycles. The zero-order valence-electron chi connectivity index (χ0n) is 19.5. The summed E-state index contributed by atoms with van der Waals surface area (Å²) in [5.74, 6) is 0.838. The molecule has 0 aliphatic carbocycles. The molecule has 0 radical (unpaired) electrons. The second-order valence-electron chi connectivity index (χ2n) is 8.98. The smallest absolute Gasteiger partial charge is 0.246 e. The van der Waals surface area contributed by atoms with E-state index in [1.165, 1.54) is 0 Å². The van der Waals surface area contributed by atoms with Gasteiger partial charge in [-0.05, 0) is 80.6 Å². The van der Waals surface area contributed by atoms with E-state index in [0.29, 0.717) is 22.6 Å². The highest BCUT2D eigenvalue weighted by atomic mass is 127. The van der Waals surface area contributed by atoms with Gasteiger partial charge in [-0.1, -0.05) is 34.4 Å². The van der Waals surface area contributed by atoms with Crippen molar-refractivity contribution >= 4 is 45.6 Å². The van der Waals surface area contributed by atoms with Crippen molar-refractivity contribution in [1.29, 1.82) is 0 Å². The van der Waals surface area contributed by atoms with Gasteiger partial charge in [-0.25, -0.2) is 0 Å². The summed E-state index contributed by atoms with van der Waals surface area (Å²) in [7, 11) is -1.66. The Balaban J connectivity index is 2.10. The molecule has 0 unspecified atom stereocenters. The zero-order valence-corrected chi connectivity index (χ0v) is 22.6. The normalized spacial score (nSPS) is 14.5. The number of fused-ring (bicyclic) bond motifs is 1. The lowest BCUT2D eigenvalue weighted by Crippen LogP contribution is -2.30. The lowest BCUT2D eigenvalue weighted by molar-refractivity contribution is -0.0442. The molecule has 4 nitrogen and oxygen atoms in total. The molecule has 0 fully saturated rings. The fourth-order valence-electron chi connectivity index (χ4n) is 4.35. The van der Waals surface area contributed by atoms with Gasteiger partial charge in [0.2, 0.25) is 11.5 Å². The first-order chi connectivity index (χ1) is 14.9. The maximum absolute atomic E-state index is 15.3. The maximum Gasteiger partial charge on any atom is 0.246 e. The first-order valence-corrected chi connectivity index (χ1v) is 13.3. The minimum Gasteiger partial charge on any atom is -0.493 e. The topological polar surface area (TPSA) is 44.8 Å². The Bertz CT molecular complexity index is 1180. The van der Waals surface area contributed by atoms with Gasteiger partial charge in [0.1, 0.15) is 0 Å². The van der Waals surface area contributed by atoms with Crippen molar-refractivity contribution in [3.63, 3.8) is 0 Å². The zero-order chi connectivity index (χ0) is 23.4. The average Bonchev–Trinajstić information content (AvgIpc) is 3.02. The molecule has 1 aliphatic heterocycles. The quantitative estimate of drug-likeness (QED) is 0.303. The summed E-state index contributed by atoms with van der Waals surface area (Å²) in [4.78, 5) is 0. The van der Waals surface area contributed by atoms with Crippen LogP contribution in [-0.2, 0) is 4.57 Å². The third-order valence-electron chi connectivity index (χ3n) is 5.52. The highest BCUT2D eigenvalue weighted by Crippen LogP contribution is 2.53. The van der Waals surface area contributed by atoms with Gasteiger partial charge in [0.05, 0.1) is 10.7 Å². The molecule has 0 atom stereocenters. The van der Waals surface area contributed by atoms with Gasteiger partial charge >= 0.3 is 0 Å². The third kappa shape index (κ3) is 3.94. The van der Waals surface area contributed by atoms with Gasteiger partial charge in [0, 0.05) is 29.8 Å². The number of methoxy groups -OCH3 is 1. The van der Waals surface area contributed by atoms with Crippen LogP contribution in [-0.4, -0.2) is 12.9 Å². The van der Waals surface area contributed by atoms with E-state index in [4.69, 9.17) is 14.2 Å². The Hall–Kier alpha value is -1.98. The molecule has 32 heavy (non-hydrogen) atoms. The van der Waals surface area contributed by atoms with Gasteiger partial charge in [-0.2, -0.15) is 0 Å². The van der Waals surface area contributed by atoms with Crippen molar-refractivity contribution in [1.82, 2.24) is 0 Å². The molecule has 0 amide bonds. The van der Waals surface area contributed by atoms with Crippen LogP contribution in [0.4, 0.5) is 0 Å². The Morgan fingerprint density at radius 2 is 1.22 bits per heavy atom. The molecule has 4 rings (SSSR count). The summed E-state index contributed by atoms with van der Waals surface area (Å²) in [5, 5.41) is 2.31. The van der Waals surface area contributed by atoms with Crippen molar-refractivity contribution < 1.29 is 18.8 Å². The van der Waals surface area contributed by atoms with Crippen molar-refractivity contribution in [2.75, 3.05) is 7.11 Å². The molecular formula is C26H28IO4P. The molecule has 3 aromatic rings. The summed E-state index contributed by atoms with van der Waals surface area (Å²) >= 11 is 2.24. The second kappa shape index (κ2) is 8.11. The number of halogens is 1. The van der Waals surface area contributed by atoms with Crippen molar-refractivity contribution in [2.24, 2.45) is 0 Å². The predicted molar refractivity (Wildman–Crippen MR) is 139 cm³/mol. The lowest BCUT2D eigenvalue weighted by Gasteiger charge is -2.24. The van der Waals surface area contributed by atoms with E-state index in [2.05, 4.69) is 34.7 Å². The molecule has 3 aromatic carbocycles. The van der Waals surface area contributed by atoms with E-state index in [1.54, 1.807) is 7.11 Å². The molecule has 0 saturated carbocycles. The number of rotatable bonds is 4. The van der Waals surface area contributed by atoms with Crippen LogP contribution in [0.15, 0.2) is 42.5 Å². The van der Waals surface area contributed by atoms with Crippen LogP contribution >= 0.6 is 29.7 Å². The van der Waals surface area contributed by atoms with Gasteiger partial charge in [-0.3, -0.25) is 0 Å². The van der Waals surface area contributed by atoms with Crippen LogP contribution in [0.1, 0.15) is 36.1 Å². The van der Waals surface area contributed by atoms with Crippen LogP contribution in [0.25, 0.3) is 0 Å². The number of hydrogen-bond acceptors (Lipinski definition) is 4. The SMILES string of the molecule is COc1cc(P(=O)(c2cc(C)cc(C)c2)c2cc(C)cc(C)c2)c(I)c2c1OC(C)(C)O2. The summed E-state index contributed by atoms with van der Waals surface area (Å²) < 4.78 is 33.9. The van der Waals surface area contributed by atoms with Gasteiger partial charge in [-0.15, -0.1) is 0 Å². The van der Waals surface area contributed by atoms with Gasteiger partial charge in [0.25, 0.3) is 0 Å². The Kier molecular flexibility index (Phi) is 5.87. The van der Waals surface area contributed by atoms with E-state index in [1.807, 2.05) is 71.9 Å². The van der Waals surface area contributed by atoms with Crippen molar-refractivity contribution in [2.45, 2.75) is 47.3 Å². The molecule has 0 spiro atoms. The van der Waals surface area contributed by atoms with Gasteiger partial charge in [0.15, 0.2) is 18.6 Å². The third-order valence-corrected chi connectivity index (χ3v) is 10.0. The largest absolute Gasteiger partial charge is 0.493 e. The standard InChI is InChI=1S/C26H28IO4P/c1-15-8-16(2)11-19(10-15)32(28,20-12-17(3)9-18(4)13-20)22-14-21(29-7)24-25(23(22)27)31-26(5,6)30-24/h8-14H,1-7H3. The first-order valence-electron chi connectivity index (χ1n) is 10.5. The van der Waals surface area contributed by atoms with Crippen LogP contribution in [0.3, 0.4) is 0 Å². The molecule has 1 heterocycles. The number of benzene rings is 3. The van der Waals surface area contributed by atoms with Crippen LogP contribution in [0, 0.1) is 31.3 Å². The Morgan fingerprint density at radius 1 is 0.781 bits per heavy atom. The van der Waals surface area contributed by atoms with E-state index in [9.17, 15) is 0 Å². The number of ether oxygens (including phenoxy) is 3. The van der Waals surface area contributed by atoms with E-state index in [0.717, 1.165) is 36.4 Å². The van der Waals surface area contributed by atoms with Crippen LogP contribution in [0.5, 0.6) is 17.2 Å². The Labute approximate surface area is 203 Å². The average molecular weight is 562 g/mol. The minimum atomic E-state index is -3.26. The molecule has 0 N–H and O–H groups in total. The van der Waals surface area contributed by atoms with E-state index in [-0.39, 0.29) is 0 Å². The lowest BCUT2D eigenvalue weighted by atomic mass is 10.2. The van der Waals surface area contributed by atoms with Gasteiger partial charge < -0.3 is 18.8 Å². The van der Waals surface area contributed by atoms with E-state index >= 15 is 4.57 Å². The van der Waals surface area contributed by atoms with E-state index < -0.39 is 12.9 Å². The Morgan fingerprint density at radius 3 is 1.66 bits per heavy atom. The monoisotopic (exact) mass is 562 g/mol. The fraction of sp³-hybridized carbons (Fsp3) is 0.308. The summed E-state index contributed by atoms with van der Waals surface area (Å²) in [6.07, 6.45) is 0. The molecule has 168 valence electrons. The molecule has 0 aromatic heterocycles. The molecule has 1 aliphatic rings. The predicted octanol–water partition coefficient (Wildman–Crippen LogP) is 5.68. The van der Waals surface area contributed by atoms with Crippen molar-refractivity contribution in [3.8, 4) is 17.2 Å². The highest BCUT2D eigenvalue weighted by molar-refractivity contribution is 14.1. The maximum atomic E-state index is 15.3. The van der Waals surface area contributed by atoms with Crippen LogP contribution in [0.2, 0.25) is 0 Å². The molecular weight excluding hydrogens is 534 g/mol. The molecule has 0 bridgehead atoms. The molecule has 6 heteroatoms.